The van der Waals surface area contributed by atoms with E-state index in [4.69, 9.17) is 14.2 Å². The van der Waals surface area contributed by atoms with Crippen molar-refractivity contribution in [2.24, 2.45) is 7.05 Å². The molecule has 4 rings (SSSR count). The van der Waals surface area contributed by atoms with Gasteiger partial charge in [-0.25, -0.2) is 4.98 Å². The summed E-state index contributed by atoms with van der Waals surface area (Å²) in [5, 5.41) is 3.32. The third-order valence-electron chi connectivity index (χ3n) is 4.65. The Hall–Kier alpha value is -3.81. The Morgan fingerprint density at radius 1 is 0.966 bits per heavy atom. The lowest BCUT2D eigenvalue weighted by molar-refractivity contribution is 0.324. The highest BCUT2D eigenvalue weighted by Gasteiger charge is 2.15. The predicted molar refractivity (Wildman–Crippen MR) is 111 cm³/mol. The van der Waals surface area contributed by atoms with Gasteiger partial charge in [0.05, 0.1) is 38.7 Å². The molecule has 3 aromatic heterocycles. The SMILES string of the molecule is COc1cc(Nc2nc3cnc(-c4cccnc4)cc3n2C)cc(OC)c1OC. The van der Waals surface area contributed by atoms with Crippen molar-refractivity contribution in [1.29, 1.82) is 0 Å². The summed E-state index contributed by atoms with van der Waals surface area (Å²) in [6.07, 6.45) is 5.29. The first kappa shape index (κ1) is 18.5. The Kier molecular flexibility index (Phi) is 4.90. The Bertz CT molecular complexity index is 1130. The van der Waals surface area contributed by atoms with Crippen molar-refractivity contribution in [3.05, 3.63) is 48.9 Å². The van der Waals surface area contributed by atoms with E-state index in [1.807, 2.05) is 41.9 Å². The Morgan fingerprint density at radius 3 is 2.34 bits per heavy atom. The van der Waals surface area contributed by atoms with E-state index in [1.54, 1.807) is 39.9 Å². The van der Waals surface area contributed by atoms with Crippen molar-refractivity contribution in [1.82, 2.24) is 19.5 Å². The van der Waals surface area contributed by atoms with Gasteiger partial charge in [0.1, 0.15) is 5.52 Å². The second-order valence-corrected chi connectivity index (χ2v) is 6.33. The third-order valence-corrected chi connectivity index (χ3v) is 4.65. The second-order valence-electron chi connectivity index (χ2n) is 6.33. The summed E-state index contributed by atoms with van der Waals surface area (Å²) < 4.78 is 18.2. The fraction of sp³-hybridized carbons (Fsp3) is 0.190. The zero-order chi connectivity index (χ0) is 20.4. The lowest BCUT2D eigenvalue weighted by atomic mass is 10.2. The Balaban J connectivity index is 1.73. The summed E-state index contributed by atoms with van der Waals surface area (Å²) in [4.78, 5) is 13.3. The summed E-state index contributed by atoms with van der Waals surface area (Å²) >= 11 is 0. The van der Waals surface area contributed by atoms with E-state index in [-0.39, 0.29) is 0 Å². The molecule has 0 atom stereocenters. The highest BCUT2D eigenvalue weighted by molar-refractivity contribution is 5.82. The molecule has 0 bridgehead atoms. The molecule has 1 aromatic carbocycles. The molecule has 0 unspecified atom stereocenters. The van der Waals surface area contributed by atoms with Gasteiger partial charge in [-0.15, -0.1) is 0 Å². The molecule has 148 valence electrons. The molecule has 0 aliphatic carbocycles. The highest BCUT2D eigenvalue weighted by Crippen LogP contribution is 2.40. The van der Waals surface area contributed by atoms with Gasteiger partial charge in [0.25, 0.3) is 0 Å². The van der Waals surface area contributed by atoms with Gasteiger partial charge in [0, 0.05) is 42.8 Å². The van der Waals surface area contributed by atoms with Crippen LogP contribution in [0.25, 0.3) is 22.3 Å². The summed E-state index contributed by atoms with van der Waals surface area (Å²) in [7, 11) is 6.69. The summed E-state index contributed by atoms with van der Waals surface area (Å²) in [6, 6.07) is 9.54. The number of rotatable bonds is 6. The van der Waals surface area contributed by atoms with E-state index in [0.29, 0.717) is 23.2 Å². The number of hydrogen-bond donors (Lipinski definition) is 1. The van der Waals surface area contributed by atoms with Crippen molar-refractivity contribution in [3.8, 4) is 28.5 Å². The number of anilines is 2. The van der Waals surface area contributed by atoms with E-state index < -0.39 is 0 Å². The molecule has 1 N–H and O–H groups in total. The number of nitrogens with one attached hydrogen (secondary N) is 1. The van der Waals surface area contributed by atoms with Gasteiger partial charge in [-0.05, 0) is 18.2 Å². The number of hydrogen-bond acceptors (Lipinski definition) is 7. The fourth-order valence-corrected chi connectivity index (χ4v) is 3.16. The van der Waals surface area contributed by atoms with Crippen molar-refractivity contribution in [2.75, 3.05) is 26.6 Å². The smallest absolute Gasteiger partial charge is 0.208 e. The van der Waals surface area contributed by atoms with Gasteiger partial charge in [0.15, 0.2) is 11.5 Å². The number of pyridine rings is 2. The molecular weight excluding hydrogens is 370 g/mol. The minimum Gasteiger partial charge on any atom is -0.493 e. The molecule has 3 heterocycles. The summed E-state index contributed by atoms with van der Waals surface area (Å²) in [5.41, 5.74) is 4.30. The maximum atomic E-state index is 5.42. The molecule has 0 amide bonds. The van der Waals surface area contributed by atoms with Crippen LogP contribution in [0.4, 0.5) is 11.6 Å². The molecule has 0 radical (unpaired) electrons. The van der Waals surface area contributed by atoms with Gasteiger partial charge >= 0.3 is 0 Å². The van der Waals surface area contributed by atoms with Crippen LogP contribution in [-0.2, 0) is 7.05 Å². The van der Waals surface area contributed by atoms with Gasteiger partial charge in [-0.2, -0.15) is 0 Å². The van der Waals surface area contributed by atoms with E-state index in [2.05, 4.69) is 20.3 Å². The van der Waals surface area contributed by atoms with E-state index >= 15 is 0 Å². The van der Waals surface area contributed by atoms with Crippen molar-refractivity contribution in [2.45, 2.75) is 0 Å². The largest absolute Gasteiger partial charge is 0.493 e. The van der Waals surface area contributed by atoms with Crippen LogP contribution in [0, 0.1) is 0 Å². The van der Waals surface area contributed by atoms with Crippen LogP contribution in [0.2, 0.25) is 0 Å². The van der Waals surface area contributed by atoms with E-state index in [9.17, 15) is 0 Å². The molecule has 0 aliphatic rings. The average Bonchev–Trinajstić information content (AvgIpc) is 3.08. The van der Waals surface area contributed by atoms with Crippen molar-refractivity contribution < 1.29 is 14.2 Å². The molecule has 0 spiro atoms. The molecule has 0 aliphatic heterocycles. The maximum absolute atomic E-state index is 5.42. The Morgan fingerprint density at radius 2 is 1.72 bits per heavy atom. The predicted octanol–water partition coefficient (Wildman–Crippen LogP) is 3.80. The van der Waals surface area contributed by atoms with Gasteiger partial charge in [-0.1, -0.05) is 0 Å². The lowest BCUT2D eigenvalue weighted by Gasteiger charge is -2.15. The normalized spacial score (nSPS) is 10.8. The van der Waals surface area contributed by atoms with Gasteiger partial charge in [0.2, 0.25) is 11.7 Å². The van der Waals surface area contributed by atoms with Crippen LogP contribution in [0.3, 0.4) is 0 Å². The molecular formula is C21H21N5O3. The van der Waals surface area contributed by atoms with Crippen LogP contribution < -0.4 is 19.5 Å². The molecule has 29 heavy (non-hydrogen) atoms. The molecule has 8 heteroatoms. The maximum Gasteiger partial charge on any atom is 0.208 e. The van der Waals surface area contributed by atoms with E-state index in [0.717, 1.165) is 28.0 Å². The zero-order valence-corrected chi connectivity index (χ0v) is 16.6. The van der Waals surface area contributed by atoms with Crippen LogP contribution in [-0.4, -0.2) is 40.8 Å². The second kappa shape index (κ2) is 7.67. The molecule has 0 saturated carbocycles. The van der Waals surface area contributed by atoms with Crippen LogP contribution in [0.15, 0.2) is 48.9 Å². The number of imidazole rings is 1. The monoisotopic (exact) mass is 391 g/mol. The topological polar surface area (TPSA) is 83.3 Å². The van der Waals surface area contributed by atoms with Gasteiger partial charge in [-0.3, -0.25) is 9.97 Å². The number of ether oxygens (including phenoxy) is 3. The fourth-order valence-electron chi connectivity index (χ4n) is 3.16. The summed E-state index contributed by atoms with van der Waals surface area (Å²) in [6.45, 7) is 0. The molecule has 0 fully saturated rings. The van der Waals surface area contributed by atoms with Crippen LogP contribution in [0.5, 0.6) is 17.2 Å². The van der Waals surface area contributed by atoms with E-state index in [1.165, 1.54) is 0 Å². The highest BCUT2D eigenvalue weighted by atomic mass is 16.5. The Labute approximate surface area is 168 Å². The first-order valence-electron chi connectivity index (χ1n) is 8.94. The quantitative estimate of drug-likeness (QED) is 0.535. The number of nitrogens with zero attached hydrogens (tertiary/aromatic N) is 4. The number of aryl methyl sites for hydroxylation is 1. The van der Waals surface area contributed by atoms with Crippen LogP contribution in [0.1, 0.15) is 0 Å². The number of methoxy groups -OCH3 is 3. The minimum atomic E-state index is 0.538. The first-order valence-corrected chi connectivity index (χ1v) is 8.94. The minimum absolute atomic E-state index is 0.538. The lowest BCUT2D eigenvalue weighted by Crippen LogP contribution is -2.01. The number of aromatic nitrogens is 4. The number of fused-ring (bicyclic) bond motifs is 1. The van der Waals surface area contributed by atoms with Crippen molar-refractivity contribution >= 4 is 22.7 Å². The first-order chi connectivity index (χ1) is 14.1. The zero-order valence-electron chi connectivity index (χ0n) is 16.6. The average molecular weight is 391 g/mol. The van der Waals surface area contributed by atoms with Crippen molar-refractivity contribution in [3.63, 3.8) is 0 Å². The third kappa shape index (κ3) is 3.40. The standard InChI is InChI=1S/C21H21N5O3/c1-26-17-10-15(13-6-5-7-22-11-13)23-12-16(17)25-21(26)24-14-8-18(27-2)20(29-4)19(9-14)28-3/h5-12H,1-4H3,(H,24,25). The molecule has 0 saturated heterocycles. The van der Waals surface area contributed by atoms with Gasteiger partial charge < -0.3 is 24.1 Å². The number of benzene rings is 1. The summed E-state index contributed by atoms with van der Waals surface area (Å²) in [5.74, 6) is 2.33. The molecule has 8 nitrogen and oxygen atoms in total. The van der Waals surface area contributed by atoms with Crippen LogP contribution >= 0.6 is 0 Å². The molecule has 4 aromatic rings.